The van der Waals surface area contributed by atoms with E-state index in [1.54, 1.807) is 24.3 Å². The van der Waals surface area contributed by atoms with Crippen LogP contribution in [0.4, 0.5) is 5.69 Å². The van der Waals surface area contributed by atoms with Crippen LogP contribution in [-0.4, -0.2) is 67.9 Å². The molecule has 4 atom stereocenters. The van der Waals surface area contributed by atoms with E-state index in [1.807, 2.05) is 0 Å². The van der Waals surface area contributed by atoms with Crippen molar-refractivity contribution in [2.24, 2.45) is 0 Å². The van der Waals surface area contributed by atoms with Gasteiger partial charge in [0.1, 0.15) is 23.6 Å². The van der Waals surface area contributed by atoms with E-state index in [1.165, 1.54) is 50.0 Å². The van der Waals surface area contributed by atoms with Gasteiger partial charge in [0.2, 0.25) is 0 Å². The highest BCUT2D eigenvalue weighted by atomic mass is 16.6. The quantitative estimate of drug-likeness (QED) is 0.0933. The minimum absolute atomic E-state index is 0.315. The van der Waals surface area contributed by atoms with E-state index >= 15 is 0 Å². The lowest BCUT2D eigenvalue weighted by Gasteiger charge is -2.40. The average molecular weight is 558 g/mol. The number of aliphatic hydroxyl groups excluding tert-OH is 2. The van der Waals surface area contributed by atoms with Gasteiger partial charge in [-0.05, 0) is 54.5 Å². The lowest BCUT2D eigenvalue weighted by Crippen LogP contribution is -2.58. The Morgan fingerprint density at radius 1 is 0.975 bits per heavy atom. The summed E-state index contributed by atoms with van der Waals surface area (Å²) in [5.41, 5.74) is -1.31. The molecular formula is C30H39NO9. The molecule has 1 unspecified atom stereocenters. The normalized spacial score (nSPS) is 22.6. The van der Waals surface area contributed by atoms with Crippen LogP contribution in [0.3, 0.4) is 0 Å². The number of carbonyl (C=O) groups excluding carboxylic acids is 2. The number of anilines is 1. The minimum Gasteiger partial charge on any atom is -0.504 e. The summed E-state index contributed by atoms with van der Waals surface area (Å²) < 4.78 is 11.0. The molecule has 0 radical (unpaired) electrons. The van der Waals surface area contributed by atoms with Crippen LogP contribution in [0.25, 0.3) is 6.08 Å². The van der Waals surface area contributed by atoms with Gasteiger partial charge in [0, 0.05) is 24.6 Å². The number of esters is 1. The first-order valence-corrected chi connectivity index (χ1v) is 13.6. The van der Waals surface area contributed by atoms with Gasteiger partial charge in [0.25, 0.3) is 5.91 Å². The number of aromatic hydroxyl groups is 2. The fraction of sp³-hybridized carbons (Fsp3) is 0.467. The summed E-state index contributed by atoms with van der Waals surface area (Å²) in [6, 6.07) is 10.6. The smallest absolute Gasteiger partial charge is 0.331 e. The van der Waals surface area contributed by atoms with Gasteiger partial charge in [-0.15, -0.1) is 0 Å². The van der Waals surface area contributed by atoms with Crippen molar-refractivity contribution in [3.8, 4) is 17.2 Å². The van der Waals surface area contributed by atoms with E-state index in [2.05, 4.69) is 12.2 Å². The summed E-state index contributed by atoms with van der Waals surface area (Å²) in [6.07, 6.45) is 4.04. The molecule has 1 fully saturated rings. The number of hydrogen-bond donors (Lipinski definition) is 6. The standard InChI is InChI=1S/C30H39NO9/c1-2-3-4-5-6-7-16-39-22-12-10-21(11-13-22)31-29(37)30(38)18-25(34)28(36)26(19-30)40-27(35)15-9-20-8-14-23(32)24(33)17-20/h8-15,17,25-26,28,32-34,36,38H,2-7,16,18-19H2,1H3,(H,31,37)/b15-9+/t25-,26-,28?,30+/m1/s1. The van der Waals surface area contributed by atoms with Crippen molar-refractivity contribution < 1.29 is 44.6 Å². The van der Waals surface area contributed by atoms with Gasteiger partial charge in [-0.1, -0.05) is 45.1 Å². The summed E-state index contributed by atoms with van der Waals surface area (Å²) >= 11 is 0. The second-order valence-electron chi connectivity index (χ2n) is 10.1. The second kappa shape index (κ2) is 14.7. The zero-order chi connectivity index (χ0) is 29.1. The molecule has 1 amide bonds. The number of ether oxygens (including phenoxy) is 2. The first kappa shape index (κ1) is 30.9. The predicted octanol–water partition coefficient (Wildman–Crippen LogP) is 3.65. The zero-order valence-electron chi connectivity index (χ0n) is 22.7. The Balaban J connectivity index is 1.53. The molecule has 0 aliphatic heterocycles. The van der Waals surface area contributed by atoms with Crippen LogP contribution < -0.4 is 10.1 Å². The highest BCUT2D eigenvalue weighted by Gasteiger charge is 2.50. The lowest BCUT2D eigenvalue weighted by molar-refractivity contribution is -0.184. The molecule has 1 saturated carbocycles. The molecule has 10 nitrogen and oxygen atoms in total. The molecule has 0 aromatic heterocycles. The molecule has 2 aromatic rings. The van der Waals surface area contributed by atoms with Crippen molar-refractivity contribution in [3.63, 3.8) is 0 Å². The van der Waals surface area contributed by atoms with Crippen molar-refractivity contribution in [2.75, 3.05) is 11.9 Å². The number of aliphatic hydroxyl groups is 3. The minimum atomic E-state index is -2.11. The van der Waals surface area contributed by atoms with Gasteiger partial charge in [-0.3, -0.25) is 4.79 Å². The number of amides is 1. The monoisotopic (exact) mass is 557 g/mol. The number of hydrogen-bond acceptors (Lipinski definition) is 9. The van der Waals surface area contributed by atoms with E-state index in [4.69, 9.17) is 9.47 Å². The SMILES string of the molecule is CCCCCCCCOc1ccc(NC(=O)[C@]2(O)C[C@@H](O)C(O)[C@H](OC(=O)/C=C/c3ccc(O)c(O)c3)C2)cc1. The molecule has 1 aliphatic carbocycles. The van der Waals surface area contributed by atoms with Crippen LogP contribution >= 0.6 is 0 Å². The predicted molar refractivity (Wildman–Crippen MR) is 149 cm³/mol. The molecule has 10 heteroatoms. The molecule has 1 aliphatic rings. The second-order valence-corrected chi connectivity index (χ2v) is 10.1. The fourth-order valence-electron chi connectivity index (χ4n) is 4.50. The molecule has 0 spiro atoms. The van der Waals surface area contributed by atoms with Crippen LogP contribution in [0.1, 0.15) is 63.9 Å². The number of unbranched alkanes of at least 4 members (excludes halogenated alkanes) is 5. The third-order valence-electron chi connectivity index (χ3n) is 6.84. The lowest BCUT2D eigenvalue weighted by atomic mass is 9.79. The van der Waals surface area contributed by atoms with Crippen LogP contribution in [0.5, 0.6) is 17.2 Å². The van der Waals surface area contributed by atoms with E-state index in [-0.39, 0.29) is 11.5 Å². The first-order valence-electron chi connectivity index (χ1n) is 13.6. The van der Waals surface area contributed by atoms with Crippen LogP contribution in [0.15, 0.2) is 48.5 Å². The third-order valence-corrected chi connectivity index (χ3v) is 6.84. The van der Waals surface area contributed by atoms with E-state index in [9.17, 15) is 35.1 Å². The van der Waals surface area contributed by atoms with Crippen molar-refractivity contribution in [1.82, 2.24) is 0 Å². The topological polar surface area (TPSA) is 166 Å². The van der Waals surface area contributed by atoms with Gasteiger partial charge in [0.15, 0.2) is 11.5 Å². The number of benzene rings is 2. The third kappa shape index (κ3) is 8.97. The maximum absolute atomic E-state index is 13.0. The van der Waals surface area contributed by atoms with E-state index in [0.717, 1.165) is 18.9 Å². The molecule has 0 saturated heterocycles. The molecule has 40 heavy (non-hydrogen) atoms. The summed E-state index contributed by atoms with van der Waals surface area (Å²) in [6.45, 7) is 2.78. The van der Waals surface area contributed by atoms with Crippen LogP contribution in [-0.2, 0) is 14.3 Å². The maximum atomic E-state index is 13.0. The van der Waals surface area contributed by atoms with Crippen LogP contribution in [0, 0.1) is 0 Å². The van der Waals surface area contributed by atoms with Crippen molar-refractivity contribution in [3.05, 3.63) is 54.1 Å². The molecule has 0 heterocycles. The zero-order valence-corrected chi connectivity index (χ0v) is 22.7. The summed E-state index contributed by atoms with van der Waals surface area (Å²) in [5.74, 6) is -1.73. The van der Waals surface area contributed by atoms with Crippen molar-refractivity contribution >= 4 is 23.6 Å². The summed E-state index contributed by atoms with van der Waals surface area (Å²) in [5, 5.41) is 53.2. The molecule has 2 aromatic carbocycles. The van der Waals surface area contributed by atoms with E-state index in [0.29, 0.717) is 23.6 Å². The Kier molecular flexibility index (Phi) is 11.4. The first-order chi connectivity index (χ1) is 19.1. The molecule has 0 bridgehead atoms. The fourth-order valence-corrected chi connectivity index (χ4v) is 4.50. The summed E-state index contributed by atoms with van der Waals surface area (Å²) in [7, 11) is 0. The van der Waals surface area contributed by atoms with Gasteiger partial charge < -0.3 is 40.3 Å². The number of phenols is 2. The largest absolute Gasteiger partial charge is 0.504 e. The molecule has 3 rings (SSSR count). The summed E-state index contributed by atoms with van der Waals surface area (Å²) in [4.78, 5) is 25.3. The average Bonchev–Trinajstić information content (AvgIpc) is 2.92. The van der Waals surface area contributed by atoms with Gasteiger partial charge in [-0.25, -0.2) is 4.79 Å². The van der Waals surface area contributed by atoms with Gasteiger partial charge in [-0.2, -0.15) is 0 Å². The highest BCUT2D eigenvalue weighted by Crippen LogP contribution is 2.33. The van der Waals surface area contributed by atoms with Gasteiger partial charge in [0.05, 0.1) is 12.7 Å². The Labute approximate surface area is 233 Å². The highest BCUT2D eigenvalue weighted by molar-refractivity contribution is 5.97. The van der Waals surface area contributed by atoms with E-state index < -0.39 is 48.6 Å². The Bertz CT molecular complexity index is 1150. The molecular weight excluding hydrogens is 518 g/mol. The van der Waals surface area contributed by atoms with Crippen molar-refractivity contribution in [2.45, 2.75) is 82.2 Å². The number of nitrogens with one attached hydrogen (secondary N) is 1. The Morgan fingerprint density at radius 3 is 2.38 bits per heavy atom. The molecule has 6 N–H and O–H groups in total. The number of phenolic OH excluding ortho intramolecular Hbond substituents is 2. The Morgan fingerprint density at radius 2 is 1.68 bits per heavy atom. The number of rotatable bonds is 13. The Hall–Kier alpha value is -3.60. The maximum Gasteiger partial charge on any atom is 0.331 e. The van der Waals surface area contributed by atoms with Gasteiger partial charge >= 0.3 is 5.97 Å². The van der Waals surface area contributed by atoms with Crippen LogP contribution in [0.2, 0.25) is 0 Å². The number of carbonyl (C=O) groups is 2. The van der Waals surface area contributed by atoms with Crippen molar-refractivity contribution in [1.29, 1.82) is 0 Å². The molecule has 218 valence electrons.